The molecule has 3 saturated heterocycles. The second kappa shape index (κ2) is 11.6. The highest BCUT2D eigenvalue weighted by Crippen LogP contribution is 2.32. The maximum atomic E-state index is 10.6. The van der Waals surface area contributed by atoms with Gasteiger partial charge in [-0.25, -0.2) is 0 Å². The average molecular weight is 504 g/mol. The molecule has 3 heterocycles. The molecule has 3 fully saturated rings. The lowest BCUT2D eigenvalue weighted by Crippen LogP contribution is -2.67. The van der Waals surface area contributed by atoms with Gasteiger partial charge in [-0.1, -0.05) is 0 Å². The van der Waals surface area contributed by atoms with E-state index in [2.05, 4.69) is 0 Å². The topological polar surface area (TPSA) is 269 Å². The summed E-state index contributed by atoms with van der Waals surface area (Å²) in [6.45, 7) is -2.33. The molecule has 3 rings (SSSR count). The van der Waals surface area contributed by atoms with E-state index in [1.54, 1.807) is 0 Å². The third kappa shape index (κ3) is 5.37. The van der Waals surface area contributed by atoms with E-state index in [1.165, 1.54) is 0 Å². The Kier molecular flexibility index (Phi) is 9.54. The summed E-state index contributed by atoms with van der Waals surface area (Å²) in [4.78, 5) is 0. The van der Waals surface area contributed by atoms with Gasteiger partial charge >= 0.3 is 0 Å². The molecule has 11 N–H and O–H groups in total. The molecule has 0 unspecified atom stereocenters. The first kappa shape index (κ1) is 27.9. The smallest absolute Gasteiger partial charge is 0.187 e. The molecule has 16 nitrogen and oxygen atoms in total. The van der Waals surface area contributed by atoms with Crippen molar-refractivity contribution in [2.45, 2.75) is 92.1 Å². The van der Waals surface area contributed by atoms with Crippen molar-refractivity contribution >= 4 is 0 Å². The number of hydrogen-bond acceptors (Lipinski definition) is 16. The Bertz CT molecular complexity index is 637. The molecule has 0 aliphatic carbocycles. The molecule has 16 heteroatoms. The molecule has 3 aliphatic heterocycles. The molecule has 0 aromatic heterocycles. The van der Waals surface area contributed by atoms with E-state index in [4.69, 9.17) is 23.7 Å². The van der Waals surface area contributed by atoms with Gasteiger partial charge in [-0.3, -0.25) is 0 Å². The van der Waals surface area contributed by atoms with Gasteiger partial charge < -0.3 is 79.9 Å². The highest BCUT2D eigenvalue weighted by Gasteiger charge is 2.53. The standard InChI is InChI=1S/C18H32O16/c19-1-4-7(22)10(25)12(27)17(31-4)33-14-9(24)6(3-21)30-16(29)15(14)34-18-13(28)11(26)8(23)5(2-20)32-18/h4-29H,1-3H2/t4-,5-,6-,7-,8-,9-,10+,11+,12-,13-,14+,15+,16+,17+,18+/m1/s1. The Morgan fingerprint density at radius 1 is 0.441 bits per heavy atom. The van der Waals surface area contributed by atoms with E-state index in [0.717, 1.165) is 0 Å². The van der Waals surface area contributed by atoms with Crippen molar-refractivity contribution < 1.29 is 79.9 Å². The van der Waals surface area contributed by atoms with Gasteiger partial charge in [0.25, 0.3) is 0 Å². The lowest BCUT2D eigenvalue weighted by Gasteiger charge is -2.48. The minimum absolute atomic E-state index is 0.769. The fourth-order valence-electron chi connectivity index (χ4n) is 4.03. The number of aliphatic hydroxyl groups is 11. The van der Waals surface area contributed by atoms with Crippen LogP contribution in [0.1, 0.15) is 0 Å². The van der Waals surface area contributed by atoms with E-state index in [-0.39, 0.29) is 0 Å². The van der Waals surface area contributed by atoms with Crippen LogP contribution < -0.4 is 0 Å². The minimum atomic E-state index is -1.94. The van der Waals surface area contributed by atoms with Crippen LogP contribution in [-0.4, -0.2) is 168 Å². The first-order chi connectivity index (χ1) is 16.0. The van der Waals surface area contributed by atoms with E-state index < -0.39 is 112 Å². The lowest BCUT2D eigenvalue weighted by atomic mass is 9.96. The molecule has 34 heavy (non-hydrogen) atoms. The summed E-state index contributed by atoms with van der Waals surface area (Å²) in [5.41, 5.74) is 0. The van der Waals surface area contributed by atoms with Crippen LogP contribution in [0.4, 0.5) is 0 Å². The maximum absolute atomic E-state index is 10.6. The summed E-state index contributed by atoms with van der Waals surface area (Å²) < 4.78 is 26.5. The summed E-state index contributed by atoms with van der Waals surface area (Å²) in [6, 6.07) is 0. The molecule has 0 bridgehead atoms. The number of aliphatic hydroxyl groups excluding tert-OH is 11. The Morgan fingerprint density at radius 3 is 1.24 bits per heavy atom. The molecular weight excluding hydrogens is 472 g/mol. The summed E-state index contributed by atoms with van der Waals surface area (Å²) in [6.07, 6.45) is -25.6. The molecule has 0 amide bonds. The predicted octanol–water partition coefficient (Wildman–Crippen LogP) is -7.57. The molecule has 0 radical (unpaired) electrons. The van der Waals surface area contributed by atoms with Crippen LogP contribution in [0.25, 0.3) is 0 Å². The maximum Gasteiger partial charge on any atom is 0.187 e. The highest BCUT2D eigenvalue weighted by atomic mass is 16.8. The Labute approximate surface area is 192 Å². The fourth-order valence-corrected chi connectivity index (χ4v) is 4.03. The van der Waals surface area contributed by atoms with Crippen LogP contribution in [-0.2, 0) is 23.7 Å². The fraction of sp³-hybridized carbons (Fsp3) is 1.00. The van der Waals surface area contributed by atoms with Gasteiger partial charge in [0.2, 0.25) is 0 Å². The normalized spacial score (nSPS) is 52.5. The van der Waals surface area contributed by atoms with E-state index in [0.29, 0.717) is 0 Å². The SMILES string of the molecule is OC[C@H]1O[C@@H](O[C@H]2[C@H](O)[C@@H](CO)O[C@H](O)[C@H]2O[C@@H]2O[C@H](CO)[C@@H](O)[C@H](O)[C@H]2O)[C@H](O)[C@@H](O)[C@@H]1O. The Hall–Kier alpha value is -0.640. The van der Waals surface area contributed by atoms with Crippen molar-refractivity contribution in [1.29, 1.82) is 0 Å². The number of hydrogen-bond donors (Lipinski definition) is 11. The van der Waals surface area contributed by atoms with Crippen LogP contribution in [0.5, 0.6) is 0 Å². The van der Waals surface area contributed by atoms with Gasteiger partial charge in [0.1, 0.15) is 73.2 Å². The molecule has 3 aliphatic rings. The third-order valence-corrected chi connectivity index (χ3v) is 6.10. The van der Waals surface area contributed by atoms with Crippen molar-refractivity contribution in [3.8, 4) is 0 Å². The van der Waals surface area contributed by atoms with Crippen LogP contribution in [0, 0.1) is 0 Å². The summed E-state index contributed by atoms with van der Waals surface area (Å²) in [7, 11) is 0. The zero-order valence-corrected chi connectivity index (χ0v) is 17.7. The molecule has 0 aromatic rings. The van der Waals surface area contributed by atoms with Gasteiger partial charge in [0, 0.05) is 0 Å². The molecule has 200 valence electrons. The Balaban J connectivity index is 1.83. The van der Waals surface area contributed by atoms with Gasteiger partial charge in [-0.05, 0) is 0 Å². The lowest BCUT2D eigenvalue weighted by molar-refractivity contribution is -0.387. The van der Waals surface area contributed by atoms with Crippen LogP contribution in [0.2, 0.25) is 0 Å². The largest absolute Gasteiger partial charge is 0.394 e. The summed E-state index contributed by atoms with van der Waals surface area (Å²) >= 11 is 0. The average Bonchev–Trinajstić information content (AvgIpc) is 2.83. The van der Waals surface area contributed by atoms with Crippen molar-refractivity contribution in [1.82, 2.24) is 0 Å². The number of ether oxygens (including phenoxy) is 5. The predicted molar refractivity (Wildman–Crippen MR) is 101 cm³/mol. The van der Waals surface area contributed by atoms with Crippen LogP contribution in [0.3, 0.4) is 0 Å². The van der Waals surface area contributed by atoms with Gasteiger partial charge in [-0.2, -0.15) is 0 Å². The van der Waals surface area contributed by atoms with Crippen molar-refractivity contribution in [3.63, 3.8) is 0 Å². The number of rotatable bonds is 7. The highest BCUT2D eigenvalue weighted by molar-refractivity contribution is 4.96. The zero-order chi connectivity index (χ0) is 25.3. The van der Waals surface area contributed by atoms with Gasteiger partial charge in [0.05, 0.1) is 19.8 Å². The molecule has 0 saturated carbocycles. The summed E-state index contributed by atoms with van der Waals surface area (Å²) in [5, 5.41) is 109. The van der Waals surface area contributed by atoms with Crippen molar-refractivity contribution in [2.24, 2.45) is 0 Å². The summed E-state index contributed by atoms with van der Waals surface area (Å²) in [5.74, 6) is 0. The molecular formula is C18H32O16. The van der Waals surface area contributed by atoms with E-state index >= 15 is 0 Å². The van der Waals surface area contributed by atoms with Crippen LogP contribution >= 0.6 is 0 Å². The van der Waals surface area contributed by atoms with E-state index in [1.807, 2.05) is 0 Å². The first-order valence-corrected chi connectivity index (χ1v) is 10.6. The molecule has 0 spiro atoms. The zero-order valence-electron chi connectivity index (χ0n) is 17.7. The second-order valence-electron chi connectivity index (χ2n) is 8.33. The molecule has 15 atom stereocenters. The monoisotopic (exact) mass is 504 g/mol. The Morgan fingerprint density at radius 2 is 0.824 bits per heavy atom. The van der Waals surface area contributed by atoms with Gasteiger partial charge in [0.15, 0.2) is 18.9 Å². The molecule has 0 aromatic carbocycles. The van der Waals surface area contributed by atoms with Crippen molar-refractivity contribution in [2.75, 3.05) is 19.8 Å². The second-order valence-corrected chi connectivity index (χ2v) is 8.33. The quantitative estimate of drug-likeness (QED) is 0.154. The minimum Gasteiger partial charge on any atom is -0.394 e. The van der Waals surface area contributed by atoms with Crippen molar-refractivity contribution in [3.05, 3.63) is 0 Å². The first-order valence-electron chi connectivity index (χ1n) is 10.6. The van der Waals surface area contributed by atoms with Gasteiger partial charge in [-0.15, -0.1) is 0 Å². The van der Waals surface area contributed by atoms with Crippen LogP contribution in [0.15, 0.2) is 0 Å². The van der Waals surface area contributed by atoms with E-state index in [9.17, 15) is 56.2 Å². The third-order valence-electron chi connectivity index (χ3n) is 6.10.